The molecule has 138 valence electrons. The van der Waals surface area contributed by atoms with Crippen molar-refractivity contribution in [2.45, 2.75) is 13.2 Å². The molecule has 27 heavy (non-hydrogen) atoms. The summed E-state index contributed by atoms with van der Waals surface area (Å²) in [4.78, 5) is 0. The Morgan fingerprint density at radius 2 is 1.59 bits per heavy atom. The minimum absolute atomic E-state index is 0.257. The minimum Gasteiger partial charge on any atom is -0.489 e. The Kier molecular flexibility index (Phi) is 6.69. The summed E-state index contributed by atoms with van der Waals surface area (Å²) in [6.07, 6.45) is 1.70. The van der Waals surface area contributed by atoms with Crippen LogP contribution in [0.5, 0.6) is 5.75 Å². The van der Waals surface area contributed by atoms with Gasteiger partial charge in [-0.2, -0.15) is 5.10 Å². The van der Waals surface area contributed by atoms with E-state index < -0.39 is 0 Å². The fourth-order valence-electron chi connectivity index (χ4n) is 2.34. The smallest absolute Gasteiger partial charge is 0.123 e. The molecule has 0 atom stereocenters. The Labute approximate surface area is 167 Å². The largest absolute Gasteiger partial charge is 0.489 e. The molecule has 0 aromatic heterocycles. The Morgan fingerprint density at radius 3 is 2.26 bits per heavy atom. The summed E-state index contributed by atoms with van der Waals surface area (Å²) in [5, 5.41) is 5.39. The van der Waals surface area contributed by atoms with Crippen LogP contribution in [0, 0.1) is 5.82 Å². The summed E-state index contributed by atoms with van der Waals surface area (Å²) >= 11 is 12.2. The molecule has 3 aromatic carbocycles. The third kappa shape index (κ3) is 5.71. The van der Waals surface area contributed by atoms with Crippen molar-refractivity contribution in [1.82, 2.24) is 5.43 Å². The molecule has 0 aliphatic heterocycles. The average Bonchev–Trinajstić information content (AvgIpc) is 2.67. The fourth-order valence-corrected chi connectivity index (χ4v) is 2.87. The van der Waals surface area contributed by atoms with Gasteiger partial charge in [0.25, 0.3) is 0 Å². The van der Waals surface area contributed by atoms with Crippen molar-refractivity contribution < 1.29 is 9.13 Å². The first kappa shape index (κ1) is 19.2. The maximum absolute atomic E-state index is 12.9. The van der Waals surface area contributed by atoms with Crippen LogP contribution in [0.3, 0.4) is 0 Å². The molecule has 6 heteroatoms. The Hall–Kier alpha value is -2.56. The number of benzene rings is 3. The number of rotatable bonds is 7. The zero-order valence-corrected chi connectivity index (χ0v) is 15.8. The van der Waals surface area contributed by atoms with E-state index >= 15 is 0 Å². The van der Waals surface area contributed by atoms with E-state index in [1.54, 1.807) is 36.5 Å². The molecule has 0 saturated carbocycles. The molecule has 1 N–H and O–H groups in total. The summed E-state index contributed by atoms with van der Waals surface area (Å²) in [7, 11) is 0. The van der Waals surface area contributed by atoms with E-state index in [0.717, 1.165) is 22.4 Å². The predicted octanol–water partition coefficient (Wildman–Crippen LogP) is 5.84. The van der Waals surface area contributed by atoms with Crippen LogP contribution in [0.2, 0.25) is 10.0 Å². The molecule has 0 bridgehead atoms. The van der Waals surface area contributed by atoms with Crippen molar-refractivity contribution in [1.29, 1.82) is 0 Å². The van der Waals surface area contributed by atoms with Gasteiger partial charge < -0.3 is 10.2 Å². The third-order valence-corrected chi connectivity index (χ3v) is 4.53. The lowest BCUT2D eigenvalue weighted by Crippen LogP contribution is -2.06. The molecule has 0 aliphatic carbocycles. The Morgan fingerprint density at radius 1 is 0.926 bits per heavy atom. The van der Waals surface area contributed by atoms with Crippen molar-refractivity contribution in [2.24, 2.45) is 5.10 Å². The highest BCUT2D eigenvalue weighted by Crippen LogP contribution is 2.23. The van der Waals surface area contributed by atoms with Gasteiger partial charge in [-0.3, -0.25) is 0 Å². The van der Waals surface area contributed by atoms with Gasteiger partial charge >= 0.3 is 0 Å². The zero-order valence-electron chi connectivity index (χ0n) is 14.3. The van der Waals surface area contributed by atoms with Gasteiger partial charge in [0.1, 0.15) is 18.2 Å². The SMILES string of the molecule is Fc1ccc(COc2ccc(/C=N\NCc3c(Cl)cccc3Cl)cc2)cc1. The molecule has 0 amide bonds. The number of ether oxygens (including phenoxy) is 1. The van der Waals surface area contributed by atoms with Gasteiger partial charge in [0.15, 0.2) is 0 Å². The summed E-state index contributed by atoms with van der Waals surface area (Å²) < 4.78 is 18.6. The highest BCUT2D eigenvalue weighted by atomic mass is 35.5. The lowest BCUT2D eigenvalue weighted by Gasteiger charge is -2.07. The van der Waals surface area contributed by atoms with Gasteiger partial charge in [-0.1, -0.05) is 41.4 Å². The van der Waals surface area contributed by atoms with Crippen molar-refractivity contribution in [3.8, 4) is 5.75 Å². The first-order valence-corrected chi connectivity index (χ1v) is 9.03. The molecule has 0 radical (unpaired) electrons. The molecule has 0 saturated heterocycles. The van der Waals surface area contributed by atoms with Crippen LogP contribution in [0.25, 0.3) is 0 Å². The maximum atomic E-state index is 12.9. The zero-order chi connectivity index (χ0) is 19.1. The lowest BCUT2D eigenvalue weighted by atomic mass is 10.2. The molecular weight excluding hydrogens is 386 g/mol. The molecule has 3 nitrogen and oxygen atoms in total. The van der Waals surface area contributed by atoms with E-state index in [0.29, 0.717) is 23.2 Å². The van der Waals surface area contributed by atoms with Gasteiger partial charge in [-0.25, -0.2) is 4.39 Å². The maximum Gasteiger partial charge on any atom is 0.123 e. The second kappa shape index (κ2) is 9.40. The monoisotopic (exact) mass is 402 g/mol. The first-order valence-electron chi connectivity index (χ1n) is 8.28. The van der Waals surface area contributed by atoms with Gasteiger partial charge in [-0.15, -0.1) is 0 Å². The quantitative estimate of drug-likeness (QED) is 0.398. The summed E-state index contributed by atoms with van der Waals surface area (Å²) in [5.74, 6) is 0.472. The second-order valence-electron chi connectivity index (χ2n) is 5.78. The second-order valence-corrected chi connectivity index (χ2v) is 6.59. The number of hydrazone groups is 1. The van der Waals surface area contributed by atoms with Gasteiger partial charge in [-0.05, 0) is 59.7 Å². The van der Waals surface area contributed by atoms with E-state index in [9.17, 15) is 4.39 Å². The van der Waals surface area contributed by atoms with Crippen molar-refractivity contribution >= 4 is 29.4 Å². The van der Waals surface area contributed by atoms with E-state index in [1.165, 1.54) is 12.1 Å². The number of hydrogen-bond donors (Lipinski definition) is 1. The summed E-state index contributed by atoms with van der Waals surface area (Å²) in [6, 6.07) is 19.1. The summed E-state index contributed by atoms with van der Waals surface area (Å²) in [6.45, 7) is 0.821. The normalized spacial score (nSPS) is 10.9. The number of nitrogens with zero attached hydrogens (tertiary/aromatic N) is 1. The fraction of sp³-hybridized carbons (Fsp3) is 0.0952. The highest BCUT2D eigenvalue weighted by Gasteiger charge is 2.03. The molecule has 3 rings (SSSR count). The minimum atomic E-state index is -0.257. The van der Waals surface area contributed by atoms with E-state index in [4.69, 9.17) is 27.9 Å². The third-order valence-electron chi connectivity index (χ3n) is 3.82. The van der Waals surface area contributed by atoms with E-state index in [2.05, 4.69) is 10.5 Å². The van der Waals surface area contributed by atoms with Gasteiger partial charge in [0.2, 0.25) is 0 Å². The van der Waals surface area contributed by atoms with Crippen LogP contribution >= 0.6 is 23.2 Å². The van der Waals surface area contributed by atoms with Crippen molar-refractivity contribution in [3.63, 3.8) is 0 Å². The Bertz CT molecular complexity index is 892. The molecule has 0 fully saturated rings. The van der Waals surface area contributed by atoms with Crippen LogP contribution in [-0.4, -0.2) is 6.21 Å². The average molecular weight is 403 g/mol. The highest BCUT2D eigenvalue weighted by molar-refractivity contribution is 6.35. The molecule has 0 spiro atoms. The van der Waals surface area contributed by atoms with Gasteiger partial charge in [0.05, 0.1) is 12.8 Å². The van der Waals surface area contributed by atoms with Crippen molar-refractivity contribution in [3.05, 3.63) is 99.3 Å². The number of hydrogen-bond acceptors (Lipinski definition) is 3. The molecule has 0 aliphatic rings. The van der Waals surface area contributed by atoms with Crippen LogP contribution < -0.4 is 10.2 Å². The van der Waals surface area contributed by atoms with Gasteiger partial charge in [0, 0.05) is 15.6 Å². The standard InChI is InChI=1S/C21H17Cl2FN2O/c22-20-2-1-3-21(23)19(20)13-26-25-12-15-6-10-18(11-7-15)27-14-16-4-8-17(24)9-5-16/h1-12,26H,13-14H2/b25-12-. The lowest BCUT2D eigenvalue weighted by molar-refractivity contribution is 0.306. The van der Waals surface area contributed by atoms with E-state index in [1.807, 2.05) is 24.3 Å². The topological polar surface area (TPSA) is 33.6 Å². The summed E-state index contributed by atoms with van der Waals surface area (Å²) in [5.41, 5.74) is 5.57. The number of halogens is 3. The van der Waals surface area contributed by atoms with Crippen LogP contribution in [0.15, 0.2) is 71.8 Å². The van der Waals surface area contributed by atoms with Crippen LogP contribution in [0.1, 0.15) is 16.7 Å². The van der Waals surface area contributed by atoms with E-state index in [-0.39, 0.29) is 5.82 Å². The molecule has 0 unspecified atom stereocenters. The Balaban J connectivity index is 1.50. The predicted molar refractivity (Wildman–Crippen MR) is 108 cm³/mol. The molecule has 3 aromatic rings. The van der Waals surface area contributed by atoms with Crippen LogP contribution in [-0.2, 0) is 13.2 Å². The van der Waals surface area contributed by atoms with Crippen molar-refractivity contribution in [2.75, 3.05) is 0 Å². The number of nitrogens with one attached hydrogen (secondary N) is 1. The van der Waals surface area contributed by atoms with Crippen LogP contribution in [0.4, 0.5) is 4.39 Å². The molecular formula is C21H17Cl2FN2O. The molecule has 0 heterocycles. The first-order chi connectivity index (χ1) is 13.1.